The van der Waals surface area contributed by atoms with Gasteiger partial charge < -0.3 is 14.8 Å². The molecule has 1 aliphatic rings. The van der Waals surface area contributed by atoms with Crippen LogP contribution < -0.4 is 26.0 Å². The topological polar surface area (TPSA) is 91.6 Å². The van der Waals surface area contributed by atoms with E-state index < -0.39 is 17.0 Å². The molecule has 0 atom stereocenters. The molecule has 0 radical (unpaired) electrons. The Morgan fingerprint density at radius 2 is 1.93 bits per heavy atom. The minimum atomic E-state index is -0.608. The maximum absolute atomic E-state index is 12.9. The second-order valence-corrected chi connectivity index (χ2v) is 6.35. The van der Waals surface area contributed by atoms with E-state index in [0.29, 0.717) is 36.6 Å². The summed E-state index contributed by atoms with van der Waals surface area (Å²) < 4.78 is 13.4. The summed E-state index contributed by atoms with van der Waals surface area (Å²) in [5, 5.41) is 2.96. The van der Waals surface area contributed by atoms with Gasteiger partial charge in [0.2, 0.25) is 5.78 Å². The van der Waals surface area contributed by atoms with Crippen LogP contribution in [0, 0.1) is 0 Å². The molecule has 1 aliphatic heterocycles. The molecular weight excluding hydrogens is 362 g/mol. The summed E-state index contributed by atoms with van der Waals surface area (Å²) in [6, 6.07) is 5.35. The van der Waals surface area contributed by atoms with Crippen molar-refractivity contribution >= 4 is 17.7 Å². The van der Waals surface area contributed by atoms with E-state index in [1.54, 1.807) is 24.3 Å². The Labute approximate surface area is 162 Å². The number of nitrogens with one attached hydrogen (secondary N) is 1. The molecule has 0 aliphatic carbocycles. The van der Waals surface area contributed by atoms with Crippen LogP contribution in [0.3, 0.4) is 0 Å². The molecule has 2 aromatic rings. The lowest BCUT2D eigenvalue weighted by Gasteiger charge is -2.12. The van der Waals surface area contributed by atoms with Gasteiger partial charge in [-0.15, -0.1) is 0 Å². The molecule has 0 amide bonds. The fraction of sp³-hybridized carbons (Fsp3) is 0.350. The molecule has 8 heteroatoms. The second kappa shape index (κ2) is 7.75. The molecule has 0 fully saturated rings. The average Bonchev–Trinajstić information content (AvgIpc) is 3.00. The van der Waals surface area contributed by atoms with E-state index in [4.69, 9.17) is 9.47 Å². The Balaban J connectivity index is 2.15. The molecule has 0 unspecified atom stereocenters. The van der Waals surface area contributed by atoms with Crippen LogP contribution in [0.1, 0.15) is 36.2 Å². The number of hydrogen-bond donors (Lipinski definition) is 1. The number of hydrogen-bond acceptors (Lipinski definition) is 6. The summed E-state index contributed by atoms with van der Waals surface area (Å²) in [4.78, 5) is 37.9. The summed E-state index contributed by atoms with van der Waals surface area (Å²) in [6.45, 7) is 4.65. The highest BCUT2D eigenvalue weighted by Gasteiger charge is 2.32. The van der Waals surface area contributed by atoms with E-state index in [-0.39, 0.29) is 17.1 Å². The monoisotopic (exact) mass is 385 g/mol. The molecule has 0 saturated heterocycles. The van der Waals surface area contributed by atoms with Crippen LogP contribution in [0.5, 0.6) is 11.5 Å². The number of para-hydroxylation sites is 1. The number of aromatic nitrogens is 2. The van der Waals surface area contributed by atoms with Crippen LogP contribution in [0.15, 0.2) is 33.5 Å². The van der Waals surface area contributed by atoms with Gasteiger partial charge in [-0.3, -0.25) is 18.7 Å². The molecule has 28 heavy (non-hydrogen) atoms. The zero-order chi connectivity index (χ0) is 20.4. The lowest BCUT2D eigenvalue weighted by molar-refractivity contribution is 0.104. The summed E-state index contributed by atoms with van der Waals surface area (Å²) in [7, 11) is 2.90. The normalized spacial score (nSPS) is 14.1. The highest BCUT2D eigenvalue weighted by molar-refractivity contribution is 6.19. The molecule has 1 N–H and O–H groups in total. The molecule has 1 aromatic carbocycles. The zero-order valence-corrected chi connectivity index (χ0v) is 16.4. The van der Waals surface area contributed by atoms with Gasteiger partial charge in [-0.25, -0.2) is 4.79 Å². The van der Waals surface area contributed by atoms with E-state index >= 15 is 0 Å². The first-order valence-electron chi connectivity index (χ1n) is 9.11. The van der Waals surface area contributed by atoms with Crippen molar-refractivity contribution in [3.63, 3.8) is 0 Å². The van der Waals surface area contributed by atoms with Gasteiger partial charge in [-0.05, 0) is 25.5 Å². The molecule has 0 saturated carbocycles. The Bertz CT molecular complexity index is 1080. The Morgan fingerprint density at radius 1 is 1.18 bits per heavy atom. The van der Waals surface area contributed by atoms with Crippen LogP contribution >= 0.6 is 0 Å². The molecule has 148 valence electrons. The summed E-state index contributed by atoms with van der Waals surface area (Å²) in [5.74, 6) is 0.831. The Kier molecular flexibility index (Phi) is 5.39. The van der Waals surface area contributed by atoms with E-state index in [9.17, 15) is 14.4 Å². The second-order valence-electron chi connectivity index (χ2n) is 6.35. The number of nitrogens with zero attached hydrogens (tertiary/aromatic N) is 2. The predicted molar refractivity (Wildman–Crippen MR) is 106 cm³/mol. The van der Waals surface area contributed by atoms with E-state index in [0.717, 1.165) is 4.57 Å². The van der Waals surface area contributed by atoms with E-state index in [1.165, 1.54) is 18.7 Å². The van der Waals surface area contributed by atoms with Gasteiger partial charge in [-0.1, -0.05) is 19.1 Å². The predicted octanol–water partition coefficient (Wildman–Crippen LogP) is 2.01. The summed E-state index contributed by atoms with van der Waals surface area (Å²) in [5.41, 5.74) is -0.263. The first kappa shape index (κ1) is 19.5. The number of methoxy groups -OCH3 is 1. The van der Waals surface area contributed by atoms with Crippen molar-refractivity contribution in [2.75, 3.05) is 19.0 Å². The number of fused-ring (bicyclic) bond motifs is 1. The number of Topliss-reactive ketones (excluding diaryl/α,β-unsaturated/α-hetero) is 1. The van der Waals surface area contributed by atoms with Crippen molar-refractivity contribution in [2.45, 2.75) is 26.8 Å². The van der Waals surface area contributed by atoms with Gasteiger partial charge in [0.1, 0.15) is 11.4 Å². The van der Waals surface area contributed by atoms with Crippen molar-refractivity contribution in [2.24, 2.45) is 7.05 Å². The average molecular weight is 385 g/mol. The number of allylic oxidation sites excluding steroid dienone is 1. The maximum Gasteiger partial charge on any atom is 0.332 e. The van der Waals surface area contributed by atoms with Crippen LogP contribution in [0.25, 0.3) is 6.08 Å². The third-order valence-electron chi connectivity index (χ3n) is 4.53. The summed E-state index contributed by atoms with van der Waals surface area (Å²) in [6.07, 6.45) is 2.29. The SMILES string of the molecule is CCCn1c2c(c(=O)n(C)c1=O)C(=O)/C(=C/c1cccc(OCC)c1OC)N2. The van der Waals surface area contributed by atoms with Crippen LogP contribution in [-0.4, -0.2) is 28.6 Å². The van der Waals surface area contributed by atoms with Gasteiger partial charge in [0, 0.05) is 19.2 Å². The molecule has 0 bridgehead atoms. The van der Waals surface area contributed by atoms with Crippen molar-refractivity contribution in [1.82, 2.24) is 9.13 Å². The van der Waals surface area contributed by atoms with Crippen LogP contribution in [0.4, 0.5) is 5.82 Å². The maximum atomic E-state index is 12.9. The quantitative estimate of drug-likeness (QED) is 0.765. The Morgan fingerprint density at radius 3 is 2.57 bits per heavy atom. The van der Waals surface area contributed by atoms with E-state index in [1.807, 2.05) is 13.8 Å². The fourth-order valence-electron chi connectivity index (χ4n) is 3.24. The number of rotatable bonds is 6. The third-order valence-corrected chi connectivity index (χ3v) is 4.53. The molecule has 2 heterocycles. The van der Waals surface area contributed by atoms with Gasteiger partial charge in [0.05, 0.1) is 19.4 Å². The van der Waals surface area contributed by atoms with E-state index in [2.05, 4.69) is 5.32 Å². The standard InChI is InChI=1S/C20H23N3O5/c1-5-10-23-18-15(19(25)22(3)20(23)26)16(24)13(21-18)11-12-8-7-9-14(28-6-2)17(12)27-4/h7-9,11,21H,5-6,10H2,1-4H3/b13-11-. The highest BCUT2D eigenvalue weighted by Crippen LogP contribution is 2.34. The lowest BCUT2D eigenvalue weighted by atomic mass is 10.1. The van der Waals surface area contributed by atoms with Crippen molar-refractivity contribution < 1.29 is 14.3 Å². The van der Waals surface area contributed by atoms with Gasteiger partial charge >= 0.3 is 5.69 Å². The van der Waals surface area contributed by atoms with Gasteiger partial charge in [0.25, 0.3) is 5.56 Å². The smallest absolute Gasteiger partial charge is 0.332 e. The van der Waals surface area contributed by atoms with Crippen molar-refractivity contribution in [1.29, 1.82) is 0 Å². The molecule has 3 rings (SSSR count). The van der Waals surface area contributed by atoms with Crippen molar-refractivity contribution in [3.8, 4) is 11.5 Å². The zero-order valence-electron chi connectivity index (χ0n) is 16.4. The van der Waals surface area contributed by atoms with Crippen molar-refractivity contribution in [3.05, 3.63) is 55.9 Å². The van der Waals surface area contributed by atoms with Crippen LogP contribution in [0.2, 0.25) is 0 Å². The third kappa shape index (κ3) is 3.11. The number of carbonyl (C=O) groups excluding carboxylic acids is 1. The summed E-state index contributed by atoms with van der Waals surface area (Å²) >= 11 is 0. The number of anilines is 1. The molecule has 1 aromatic heterocycles. The minimum absolute atomic E-state index is 0.0262. The molecule has 8 nitrogen and oxygen atoms in total. The fourth-order valence-corrected chi connectivity index (χ4v) is 3.24. The molecule has 0 spiro atoms. The van der Waals surface area contributed by atoms with Gasteiger partial charge in [-0.2, -0.15) is 0 Å². The lowest BCUT2D eigenvalue weighted by Crippen LogP contribution is -2.40. The first-order chi connectivity index (χ1) is 13.4. The number of benzene rings is 1. The Hall–Kier alpha value is -3.29. The number of ether oxygens (including phenoxy) is 2. The largest absolute Gasteiger partial charge is 0.492 e. The molecular formula is C20H23N3O5. The number of ketones is 1. The highest BCUT2D eigenvalue weighted by atomic mass is 16.5. The van der Waals surface area contributed by atoms with Crippen LogP contribution in [-0.2, 0) is 13.6 Å². The number of carbonyl (C=O) groups is 1. The van der Waals surface area contributed by atoms with Gasteiger partial charge in [0.15, 0.2) is 11.5 Å². The first-order valence-corrected chi connectivity index (χ1v) is 9.11. The minimum Gasteiger partial charge on any atom is -0.492 e.